The predicted molar refractivity (Wildman–Crippen MR) is 71.7 cm³/mol. The third kappa shape index (κ3) is 2.47. The summed E-state index contributed by atoms with van der Waals surface area (Å²) in [5.74, 6) is 0.659. The van der Waals surface area contributed by atoms with Crippen LogP contribution in [0.25, 0.3) is 11.3 Å². The molecule has 0 saturated carbocycles. The molecule has 0 unspecified atom stereocenters. The SMILES string of the molecule is O=c1ccccn1Cc1cc(-c2ccccc2)no1. The topological polar surface area (TPSA) is 48.0 Å². The van der Waals surface area contributed by atoms with E-state index in [0.717, 1.165) is 11.3 Å². The molecular formula is C15H12N2O2. The third-order valence-corrected chi connectivity index (χ3v) is 2.85. The van der Waals surface area contributed by atoms with E-state index < -0.39 is 0 Å². The Labute approximate surface area is 109 Å². The lowest BCUT2D eigenvalue weighted by Crippen LogP contribution is -2.17. The molecule has 19 heavy (non-hydrogen) atoms. The van der Waals surface area contributed by atoms with Gasteiger partial charge in [-0.1, -0.05) is 41.6 Å². The first-order valence-electron chi connectivity index (χ1n) is 5.99. The molecule has 0 radical (unpaired) electrons. The van der Waals surface area contributed by atoms with E-state index in [1.807, 2.05) is 42.5 Å². The standard InChI is InChI=1S/C15H12N2O2/c18-15-8-4-5-9-17(15)11-13-10-14(16-19-13)12-6-2-1-3-7-12/h1-10H,11H2. The summed E-state index contributed by atoms with van der Waals surface area (Å²) in [6.07, 6.45) is 1.73. The zero-order valence-electron chi connectivity index (χ0n) is 10.2. The molecule has 0 bridgehead atoms. The van der Waals surface area contributed by atoms with Crippen LogP contribution in [0, 0.1) is 0 Å². The fourth-order valence-electron chi connectivity index (χ4n) is 1.89. The van der Waals surface area contributed by atoms with E-state index in [1.54, 1.807) is 16.8 Å². The molecule has 94 valence electrons. The number of aromatic nitrogens is 2. The van der Waals surface area contributed by atoms with Gasteiger partial charge in [0, 0.05) is 23.9 Å². The van der Waals surface area contributed by atoms with E-state index in [0.29, 0.717) is 12.3 Å². The smallest absolute Gasteiger partial charge is 0.250 e. The van der Waals surface area contributed by atoms with Crippen LogP contribution in [0.3, 0.4) is 0 Å². The maximum Gasteiger partial charge on any atom is 0.250 e. The molecule has 0 amide bonds. The maximum absolute atomic E-state index is 11.6. The van der Waals surface area contributed by atoms with E-state index in [9.17, 15) is 4.79 Å². The molecule has 0 aliphatic rings. The van der Waals surface area contributed by atoms with Crippen molar-refractivity contribution in [3.8, 4) is 11.3 Å². The fraction of sp³-hybridized carbons (Fsp3) is 0.0667. The minimum atomic E-state index is -0.0554. The average Bonchev–Trinajstić information content (AvgIpc) is 2.91. The van der Waals surface area contributed by atoms with Crippen LogP contribution in [0.4, 0.5) is 0 Å². The summed E-state index contributed by atoms with van der Waals surface area (Å²) < 4.78 is 6.85. The van der Waals surface area contributed by atoms with Crippen molar-refractivity contribution in [2.75, 3.05) is 0 Å². The molecule has 1 aromatic carbocycles. The Balaban J connectivity index is 1.87. The Kier molecular flexibility index (Phi) is 2.98. The van der Waals surface area contributed by atoms with Crippen LogP contribution in [0.1, 0.15) is 5.76 Å². The molecule has 0 aliphatic carbocycles. The van der Waals surface area contributed by atoms with Gasteiger partial charge in [-0.05, 0) is 6.07 Å². The van der Waals surface area contributed by atoms with Crippen LogP contribution in [-0.4, -0.2) is 9.72 Å². The third-order valence-electron chi connectivity index (χ3n) is 2.85. The molecular weight excluding hydrogens is 240 g/mol. The van der Waals surface area contributed by atoms with E-state index >= 15 is 0 Å². The van der Waals surface area contributed by atoms with Crippen molar-refractivity contribution in [1.82, 2.24) is 9.72 Å². The minimum Gasteiger partial charge on any atom is -0.359 e. The number of rotatable bonds is 3. The number of nitrogens with zero attached hydrogens (tertiary/aromatic N) is 2. The zero-order valence-corrected chi connectivity index (χ0v) is 10.2. The Morgan fingerprint density at radius 2 is 1.84 bits per heavy atom. The van der Waals surface area contributed by atoms with Gasteiger partial charge >= 0.3 is 0 Å². The number of hydrogen-bond donors (Lipinski definition) is 0. The lowest BCUT2D eigenvalue weighted by Gasteiger charge is -1.99. The van der Waals surface area contributed by atoms with Gasteiger partial charge in [0.2, 0.25) is 0 Å². The second-order valence-corrected chi connectivity index (χ2v) is 4.21. The normalized spacial score (nSPS) is 10.5. The van der Waals surface area contributed by atoms with Crippen LogP contribution < -0.4 is 5.56 Å². The summed E-state index contributed by atoms with van der Waals surface area (Å²) in [7, 11) is 0. The van der Waals surface area contributed by atoms with Crippen molar-refractivity contribution in [2.45, 2.75) is 6.54 Å². The molecule has 2 aromatic heterocycles. The van der Waals surface area contributed by atoms with Crippen molar-refractivity contribution >= 4 is 0 Å². The maximum atomic E-state index is 11.6. The van der Waals surface area contributed by atoms with Gasteiger partial charge in [0.1, 0.15) is 5.69 Å². The lowest BCUT2D eigenvalue weighted by molar-refractivity contribution is 0.377. The summed E-state index contributed by atoms with van der Waals surface area (Å²) in [5, 5.41) is 4.02. The minimum absolute atomic E-state index is 0.0554. The van der Waals surface area contributed by atoms with Crippen LogP contribution in [0.15, 0.2) is 70.1 Å². The molecule has 3 aromatic rings. The number of pyridine rings is 1. The molecule has 0 fully saturated rings. The van der Waals surface area contributed by atoms with Crippen LogP contribution in [-0.2, 0) is 6.54 Å². The van der Waals surface area contributed by atoms with Gasteiger partial charge in [-0.3, -0.25) is 4.79 Å². The highest BCUT2D eigenvalue weighted by molar-refractivity contribution is 5.58. The lowest BCUT2D eigenvalue weighted by atomic mass is 10.1. The van der Waals surface area contributed by atoms with Crippen molar-refractivity contribution in [3.05, 3.63) is 76.9 Å². The van der Waals surface area contributed by atoms with Gasteiger partial charge < -0.3 is 9.09 Å². The van der Waals surface area contributed by atoms with Crippen LogP contribution in [0.2, 0.25) is 0 Å². The molecule has 0 aliphatic heterocycles. The summed E-state index contributed by atoms with van der Waals surface area (Å²) >= 11 is 0. The second-order valence-electron chi connectivity index (χ2n) is 4.21. The van der Waals surface area contributed by atoms with E-state index in [-0.39, 0.29) is 5.56 Å². The first-order chi connectivity index (χ1) is 9.33. The number of hydrogen-bond acceptors (Lipinski definition) is 3. The zero-order chi connectivity index (χ0) is 13.1. The van der Waals surface area contributed by atoms with Gasteiger partial charge in [-0.25, -0.2) is 0 Å². The highest BCUT2D eigenvalue weighted by Crippen LogP contribution is 2.18. The molecule has 4 heteroatoms. The Morgan fingerprint density at radius 3 is 2.63 bits per heavy atom. The second kappa shape index (κ2) is 4.94. The molecule has 0 saturated heterocycles. The van der Waals surface area contributed by atoms with Crippen LogP contribution >= 0.6 is 0 Å². The van der Waals surface area contributed by atoms with Gasteiger partial charge in [0.15, 0.2) is 5.76 Å². The molecule has 3 rings (SSSR count). The molecule has 0 atom stereocenters. The quantitative estimate of drug-likeness (QED) is 0.719. The summed E-state index contributed by atoms with van der Waals surface area (Å²) in [4.78, 5) is 11.6. The van der Waals surface area contributed by atoms with Crippen molar-refractivity contribution in [3.63, 3.8) is 0 Å². The van der Waals surface area contributed by atoms with E-state index in [2.05, 4.69) is 5.16 Å². The summed E-state index contributed by atoms with van der Waals surface area (Å²) in [6.45, 7) is 0.388. The summed E-state index contributed by atoms with van der Waals surface area (Å²) in [6, 6.07) is 16.7. The van der Waals surface area contributed by atoms with E-state index in [1.165, 1.54) is 6.07 Å². The molecule has 2 heterocycles. The predicted octanol–water partition coefficient (Wildman–Crippen LogP) is 2.55. The van der Waals surface area contributed by atoms with Crippen molar-refractivity contribution in [2.24, 2.45) is 0 Å². The highest BCUT2D eigenvalue weighted by atomic mass is 16.5. The highest BCUT2D eigenvalue weighted by Gasteiger charge is 2.07. The van der Waals surface area contributed by atoms with Gasteiger partial charge in [-0.15, -0.1) is 0 Å². The van der Waals surface area contributed by atoms with Crippen LogP contribution in [0.5, 0.6) is 0 Å². The Morgan fingerprint density at radius 1 is 1.05 bits per heavy atom. The molecule has 0 spiro atoms. The van der Waals surface area contributed by atoms with Gasteiger partial charge in [0.25, 0.3) is 5.56 Å². The van der Waals surface area contributed by atoms with E-state index in [4.69, 9.17) is 4.52 Å². The monoisotopic (exact) mass is 252 g/mol. The summed E-state index contributed by atoms with van der Waals surface area (Å²) in [5.41, 5.74) is 1.72. The largest absolute Gasteiger partial charge is 0.359 e. The number of benzene rings is 1. The molecule has 0 N–H and O–H groups in total. The van der Waals surface area contributed by atoms with Crippen molar-refractivity contribution in [1.29, 1.82) is 0 Å². The van der Waals surface area contributed by atoms with Gasteiger partial charge in [-0.2, -0.15) is 0 Å². The first kappa shape index (κ1) is 11.5. The first-order valence-corrected chi connectivity index (χ1v) is 5.99. The Hall–Kier alpha value is -2.62. The fourth-order valence-corrected chi connectivity index (χ4v) is 1.89. The Bertz CT molecular complexity index is 729. The molecule has 4 nitrogen and oxygen atoms in total. The van der Waals surface area contributed by atoms with Gasteiger partial charge in [0.05, 0.1) is 6.54 Å². The van der Waals surface area contributed by atoms with Crippen molar-refractivity contribution < 1.29 is 4.52 Å². The average molecular weight is 252 g/mol.